The molecule has 3 N–H and O–H groups in total. The van der Waals surface area contributed by atoms with Gasteiger partial charge in [0.25, 0.3) is 6.02 Å². The molecule has 4 nitrogen and oxygen atoms in total. The Balaban J connectivity index is 2.05. The number of rotatable bonds is 3. The van der Waals surface area contributed by atoms with E-state index < -0.39 is 22.9 Å². The van der Waals surface area contributed by atoms with Crippen LogP contribution in [0.15, 0.2) is 23.2 Å². The molecule has 1 aliphatic heterocycles. The molecule has 0 bridgehead atoms. The fraction of sp³-hybridized carbons (Fsp3) is 0.611. The van der Waals surface area contributed by atoms with Crippen molar-refractivity contribution in [3.63, 3.8) is 0 Å². The van der Waals surface area contributed by atoms with Crippen LogP contribution in [0.2, 0.25) is 0 Å². The summed E-state index contributed by atoms with van der Waals surface area (Å²) < 4.78 is 49.8. The van der Waals surface area contributed by atoms with Crippen molar-refractivity contribution in [2.24, 2.45) is 10.7 Å². The number of nitrogens with zero attached hydrogens (tertiary/aromatic N) is 1. The Morgan fingerprint density at radius 3 is 2.48 bits per heavy atom. The van der Waals surface area contributed by atoms with Crippen LogP contribution < -0.4 is 11.1 Å². The van der Waals surface area contributed by atoms with Gasteiger partial charge in [-0.05, 0) is 51.8 Å². The van der Waals surface area contributed by atoms with E-state index in [0.717, 1.165) is 25.7 Å². The largest absolute Gasteiger partial charge is 0.453 e. The number of benzene rings is 1. The molecular formula is C18H24F3N3O. The molecule has 138 valence electrons. The Labute approximate surface area is 145 Å². The maximum absolute atomic E-state index is 15.1. The number of aliphatic imine (C=N–C) groups is 1. The molecule has 3 rings (SSSR count). The van der Waals surface area contributed by atoms with Gasteiger partial charge in [-0.3, -0.25) is 0 Å². The van der Waals surface area contributed by atoms with E-state index >= 15 is 8.78 Å². The number of amidine groups is 1. The fourth-order valence-corrected chi connectivity index (χ4v) is 3.75. The molecule has 0 amide bonds. The van der Waals surface area contributed by atoms with Crippen LogP contribution in [0.5, 0.6) is 0 Å². The first-order valence-corrected chi connectivity index (χ1v) is 8.55. The second-order valence-electron chi connectivity index (χ2n) is 7.53. The molecule has 0 radical (unpaired) electrons. The topological polar surface area (TPSA) is 59.6 Å². The quantitative estimate of drug-likeness (QED) is 0.856. The van der Waals surface area contributed by atoms with Gasteiger partial charge in [-0.15, -0.1) is 0 Å². The van der Waals surface area contributed by atoms with Crippen LogP contribution in [-0.2, 0) is 10.3 Å². The second kappa shape index (κ2) is 5.81. The summed E-state index contributed by atoms with van der Waals surface area (Å²) in [5.41, 5.74) is 1.97. The smallest absolute Gasteiger partial charge is 0.315 e. The van der Waals surface area contributed by atoms with Crippen LogP contribution in [-0.4, -0.2) is 23.6 Å². The van der Waals surface area contributed by atoms with Crippen LogP contribution >= 0.6 is 0 Å². The van der Waals surface area contributed by atoms with Gasteiger partial charge >= 0.3 is 5.92 Å². The van der Waals surface area contributed by atoms with Crippen LogP contribution in [0.3, 0.4) is 0 Å². The third-order valence-electron chi connectivity index (χ3n) is 5.28. The van der Waals surface area contributed by atoms with E-state index in [1.54, 1.807) is 6.07 Å². The number of alkyl halides is 2. The summed E-state index contributed by atoms with van der Waals surface area (Å²) >= 11 is 0. The number of hydrogen-bond donors (Lipinski definition) is 2. The zero-order valence-corrected chi connectivity index (χ0v) is 14.7. The van der Waals surface area contributed by atoms with Crippen molar-refractivity contribution in [3.8, 4) is 0 Å². The van der Waals surface area contributed by atoms with E-state index in [0.29, 0.717) is 5.69 Å². The summed E-state index contributed by atoms with van der Waals surface area (Å²) in [6.07, 6.45) is 4.31. The summed E-state index contributed by atoms with van der Waals surface area (Å²) in [7, 11) is 0. The maximum Gasteiger partial charge on any atom is 0.315 e. The van der Waals surface area contributed by atoms with Crippen molar-refractivity contribution < 1.29 is 17.9 Å². The lowest BCUT2D eigenvalue weighted by Gasteiger charge is -2.46. The van der Waals surface area contributed by atoms with E-state index in [1.807, 2.05) is 0 Å². The third-order valence-corrected chi connectivity index (χ3v) is 5.28. The Kier molecular flexibility index (Phi) is 4.16. The van der Waals surface area contributed by atoms with Gasteiger partial charge in [0.1, 0.15) is 5.82 Å². The van der Waals surface area contributed by atoms with Gasteiger partial charge in [0.05, 0.1) is 0 Å². The molecule has 0 aromatic heterocycles. The summed E-state index contributed by atoms with van der Waals surface area (Å²) in [6.45, 7) is 3.65. The second-order valence-corrected chi connectivity index (χ2v) is 7.53. The van der Waals surface area contributed by atoms with Gasteiger partial charge in [0.2, 0.25) is 0 Å². The van der Waals surface area contributed by atoms with E-state index in [2.05, 4.69) is 10.3 Å². The first kappa shape index (κ1) is 17.9. The molecule has 1 heterocycles. The summed E-state index contributed by atoms with van der Waals surface area (Å²) in [4.78, 5) is 3.82. The highest BCUT2D eigenvalue weighted by Gasteiger charge is 2.66. The van der Waals surface area contributed by atoms with Gasteiger partial charge in [0, 0.05) is 17.3 Å². The summed E-state index contributed by atoms with van der Waals surface area (Å²) in [5.74, 6) is -4.20. The van der Waals surface area contributed by atoms with Crippen molar-refractivity contribution in [1.29, 1.82) is 0 Å². The molecule has 7 heteroatoms. The predicted octanol–water partition coefficient (Wildman–Crippen LogP) is 4.15. The fourth-order valence-electron chi connectivity index (χ4n) is 3.75. The highest BCUT2D eigenvalue weighted by atomic mass is 19.3. The number of nitrogens with one attached hydrogen (secondary N) is 1. The van der Waals surface area contributed by atoms with Gasteiger partial charge in [-0.25, -0.2) is 9.38 Å². The minimum atomic E-state index is -3.46. The third kappa shape index (κ3) is 2.83. The molecule has 1 unspecified atom stereocenters. The van der Waals surface area contributed by atoms with Gasteiger partial charge in [-0.2, -0.15) is 8.78 Å². The molecule has 1 saturated carbocycles. The van der Waals surface area contributed by atoms with E-state index in [-0.39, 0.29) is 17.6 Å². The SMILES string of the molecule is CC1(C)OC(N)=NC(C)(c2cc(NC3CCCC3)ccc2F)C1(F)F. The normalized spacial score (nSPS) is 28.3. The molecule has 1 aromatic carbocycles. The Morgan fingerprint density at radius 1 is 1.20 bits per heavy atom. The van der Waals surface area contributed by atoms with Crippen molar-refractivity contribution in [1.82, 2.24) is 0 Å². The minimum Gasteiger partial charge on any atom is -0.453 e. The standard InChI is InChI=1S/C18H24F3N3O/c1-16(2)18(20,21)17(3,24-15(22)25-16)13-10-12(8-9-14(13)19)23-11-6-4-5-7-11/h8-11,23H,4-7H2,1-3H3,(H2,22,24). The van der Waals surface area contributed by atoms with Gasteiger partial charge in [0.15, 0.2) is 11.1 Å². The monoisotopic (exact) mass is 355 g/mol. The Hall–Kier alpha value is -1.92. The van der Waals surface area contributed by atoms with Crippen molar-refractivity contribution in [2.45, 2.75) is 69.6 Å². The number of halogens is 3. The number of nitrogens with two attached hydrogens (primary N) is 1. The maximum atomic E-state index is 15.1. The lowest BCUT2D eigenvalue weighted by molar-refractivity contribution is -0.207. The summed E-state index contributed by atoms with van der Waals surface area (Å²) in [6, 6.07) is 4.09. The van der Waals surface area contributed by atoms with Crippen LogP contribution in [0.1, 0.15) is 52.0 Å². The van der Waals surface area contributed by atoms with Crippen LogP contribution in [0.4, 0.5) is 18.9 Å². The van der Waals surface area contributed by atoms with Crippen molar-refractivity contribution >= 4 is 11.7 Å². The zero-order valence-electron chi connectivity index (χ0n) is 14.7. The van der Waals surface area contributed by atoms with Gasteiger partial charge < -0.3 is 15.8 Å². The predicted molar refractivity (Wildman–Crippen MR) is 91.4 cm³/mol. The zero-order chi connectivity index (χ0) is 18.5. The first-order valence-electron chi connectivity index (χ1n) is 8.55. The molecular weight excluding hydrogens is 331 g/mol. The Morgan fingerprint density at radius 2 is 1.84 bits per heavy atom. The molecule has 2 aliphatic rings. The van der Waals surface area contributed by atoms with Crippen molar-refractivity contribution in [3.05, 3.63) is 29.6 Å². The van der Waals surface area contributed by atoms with E-state index in [9.17, 15) is 4.39 Å². The van der Waals surface area contributed by atoms with Crippen LogP contribution in [0.25, 0.3) is 0 Å². The van der Waals surface area contributed by atoms with E-state index in [1.165, 1.54) is 32.9 Å². The number of anilines is 1. The average molecular weight is 355 g/mol. The lowest BCUT2D eigenvalue weighted by atomic mass is 9.77. The van der Waals surface area contributed by atoms with E-state index in [4.69, 9.17) is 10.5 Å². The molecule has 0 saturated heterocycles. The molecule has 1 atom stereocenters. The molecule has 0 spiro atoms. The average Bonchev–Trinajstić information content (AvgIpc) is 2.99. The Bertz CT molecular complexity index is 699. The number of ether oxygens (including phenoxy) is 1. The first-order chi connectivity index (χ1) is 11.6. The molecule has 1 fully saturated rings. The molecule has 1 aromatic rings. The van der Waals surface area contributed by atoms with Crippen molar-refractivity contribution in [2.75, 3.05) is 5.32 Å². The highest BCUT2D eigenvalue weighted by molar-refractivity contribution is 5.74. The van der Waals surface area contributed by atoms with Crippen LogP contribution in [0, 0.1) is 5.82 Å². The summed E-state index contributed by atoms with van der Waals surface area (Å²) in [5, 5.41) is 3.30. The lowest BCUT2D eigenvalue weighted by Crippen LogP contribution is -2.62. The molecule has 1 aliphatic carbocycles. The highest BCUT2D eigenvalue weighted by Crippen LogP contribution is 2.52. The number of hydrogen-bond acceptors (Lipinski definition) is 4. The molecule has 25 heavy (non-hydrogen) atoms. The van der Waals surface area contributed by atoms with Gasteiger partial charge in [-0.1, -0.05) is 12.8 Å². The minimum absolute atomic E-state index is 0.195.